The van der Waals surface area contributed by atoms with E-state index in [0.29, 0.717) is 6.54 Å². The molecular formula is C13H15N3S. The van der Waals surface area contributed by atoms with Gasteiger partial charge in [-0.1, -0.05) is 11.8 Å². The molecule has 2 aromatic heterocycles. The van der Waals surface area contributed by atoms with Gasteiger partial charge in [-0.3, -0.25) is 4.68 Å². The van der Waals surface area contributed by atoms with Crippen LogP contribution in [0.2, 0.25) is 0 Å². The second-order valence-corrected chi connectivity index (χ2v) is 4.85. The van der Waals surface area contributed by atoms with Crippen LogP contribution >= 0.6 is 11.3 Å². The predicted molar refractivity (Wildman–Crippen MR) is 71.1 cm³/mol. The Morgan fingerprint density at radius 1 is 1.47 bits per heavy atom. The highest BCUT2D eigenvalue weighted by Gasteiger charge is 2.06. The predicted octanol–water partition coefficient (Wildman–Crippen LogP) is 1.92. The summed E-state index contributed by atoms with van der Waals surface area (Å²) in [6, 6.07) is 4.12. The van der Waals surface area contributed by atoms with Gasteiger partial charge in [0.15, 0.2) is 0 Å². The Kier molecular flexibility index (Phi) is 3.62. The lowest BCUT2D eigenvalue weighted by Crippen LogP contribution is -2.03. The minimum absolute atomic E-state index is 0.398. The van der Waals surface area contributed by atoms with Crippen LogP contribution in [0.4, 0.5) is 0 Å². The third kappa shape index (κ3) is 2.76. The molecule has 4 heteroatoms. The van der Waals surface area contributed by atoms with Gasteiger partial charge in [-0.25, -0.2) is 0 Å². The summed E-state index contributed by atoms with van der Waals surface area (Å²) in [4.78, 5) is 1.23. The van der Waals surface area contributed by atoms with Crippen LogP contribution in [0.3, 0.4) is 0 Å². The van der Waals surface area contributed by atoms with Crippen molar-refractivity contribution in [3.05, 3.63) is 39.3 Å². The second-order valence-electron chi connectivity index (χ2n) is 3.85. The summed E-state index contributed by atoms with van der Waals surface area (Å²) in [6.45, 7) is 5.26. The lowest BCUT2D eigenvalue weighted by molar-refractivity contribution is 0.665. The van der Waals surface area contributed by atoms with E-state index < -0.39 is 0 Å². The van der Waals surface area contributed by atoms with Crippen molar-refractivity contribution in [1.82, 2.24) is 9.78 Å². The smallest absolute Gasteiger partial charge is 0.0767 e. The van der Waals surface area contributed by atoms with E-state index in [0.717, 1.165) is 17.8 Å². The molecule has 0 aliphatic carbocycles. The summed E-state index contributed by atoms with van der Waals surface area (Å²) >= 11 is 1.71. The van der Waals surface area contributed by atoms with E-state index in [1.54, 1.807) is 11.3 Å². The number of thiophene rings is 1. The fourth-order valence-electron chi connectivity index (χ4n) is 1.69. The van der Waals surface area contributed by atoms with Crippen molar-refractivity contribution in [2.45, 2.75) is 20.4 Å². The Labute approximate surface area is 105 Å². The van der Waals surface area contributed by atoms with Crippen LogP contribution in [0, 0.1) is 25.7 Å². The van der Waals surface area contributed by atoms with E-state index in [1.165, 1.54) is 10.6 Å². The van der Waals surface area contributed by atoms with Crippen LogP contribution in [-0.4, -0.2) is 16.3 Å². The van der Waals surface area contributed by atoms with Gasteiger partial charge in [-0.05, 0) is 31.4 Å². The zero-order chi connectivity index (χ0) is 12.3. The van der Waals surface area contributed by atoms with Crippen molar-refractivity contribution in [1.29, 1.82) is 0 Å². The first-order chi connectivity index (χ1) is 8.20. The summed E-state index contributed by atoms with van der Waals surface area (Å²) in [5.74, 6) is 5.99. The molecule has 88 valence electrons. The summed E-state index contributed by atoms with van der Waals surface area (Å²) in [7, 11) is 0. The molecular weight excluding hydrogens is 230 g/mol. The van der Waals surface area contributed by atoms with E-state index in [-0.39, 0.29) is 0 Å². The van der Waals surface area contributed by atoms with Gasteiger partial charge < -0.3 is 5.73 Å². The van der Waals surface area contributed by atoms with Crippen LogP contribution in [-0.2, 0) is 6.54 Å². The van der Waals surface area contributed by atoms with Gasteiger partial charge in [-0.15, -0.1) is 11.3 Å². The molecule has 0 atom stereocenters. The van der Waals surface area contributed by atoms with Gasteiger partial charge in [0.2, 0.25) is 0 Å². The summed E-state index contributed by atoms with van der Waals surface area (Å²) in [5, 5.41) is 6.51. The SMILES string of the molecule is Cc1cc(C)n(Cc2sccc2C#CCN)n1. The molecule has 0 fully saturated rings. The van der Waals surface area contributed by atoms with E-state index in [2.05, 4.69) is 35.3 Å². The second kappa shape index (κ2) is 5.17. The largest absolute Gasteiger partial charge is 0.320 e. The van der Waals surface area contributed by atoms with E-state index in [4.69, 9.17) is 5.73 Å². The summed E-state index contributed by atoms with van der Waals surface area (Å²) < 4.78 is 2.01. The van der Waals surface area contributed by atoms with Crippen LogP contribution in [0.25, 0.3) is 0 Å². The van der Waals surface area contributed by atoms with Gasteiger partial charge in [0.05, 0.1) is 18.8 Å². The van der Waals surface area contributed by atoms with E-state index in [1.807, 2.05) is 17.7 Å². The number of aromatic nitrogens is 2. The fraction of sp³-hybridized carbons (Fsp3) is 0.308. The molecule has 0 spiro atoms. The molecule has 2 aromatic rings. The number of aryl methyl sites for hydroxylation is 2. The van der Waals surface area contributed by atoms with Gasteiger partial charge in [0, 0.05) is 16.1 Å². The molecule has 0 saturated carbocycles. The summed E-state index contributed by atoms with van der Waals surface area (Å²) in [5.41, 5.74) is 8.67. The topological polar surface area (TPSA) is 43.8 Å². The van der Waals surface area contributed by atoms with Gasteiger partial charge in [0.1, 0.15) is 0 Å². The van der Waals surface area contributed by atoms with Gasteiger partial charge in [0.25, 0.3) is 0 Å². The average molecular weight is 245 g/mol. The molecule has 0 bridgehead atoms. The molecule has 2 rings (SSSR count). The Balaban J connectivity index is 2.24. The zero-order valence-corrected chi connectivity index (χ0v) is 10.8. The maximum atomic E-state index is 5.39. The lowest BCUT2D eigenvalue weighted by atomic mass is 10.2. The number of hydrogen-bond acceptors (Lipinski definition) is 3. The van der Waals surface area contributed by atoms with E-state index >= 15 is 0 Å². The molecule has 0 aliphatic rings. The van der Waals surface area contributed by atoms with Gasteiger partial charge in [-0.2, -0.15) is 5.10 Å². The Bertz CT molecular complexity index is 569. The first kappa shape index (κ1) is 11.9. The number of nitrogens with zero attached hydrogens (tertiary/aromatic N) is 2. The monoisotopic (exact) mass is 245 g/mol. The van der Waals surface area contributed by atoms with Gasteiger partial charge >= 0.3 is 0 Å². The molecule has 2 N–H and O–H groups in total. The summed E-state index contributed by atoms with van der Waals surface area (Å²) in [6.07, 6.45) is 0. The van der Waals surface area contributed by atoms with Crippen molar-refractivity contribution < 1.29 is 0 Å². The third-order valence-electron chi connectivity index (χ3n) is 2.47. The van der Waals surface area contributed by atoms with Crippen molar-refractivity contribution in [2.24, 2.45) is 5.73 Å². The highest BCUT2D eigenvalue weighted by Crippen LogP contribution is 2.18. The third-order valence-corrected chi connectivity index (χ3v) is 3.37. The minimum atomic E-state index is 0.398. The molecule has 0 aliphatic heterocycles. The molecule has 0 radical (unpaired) electrons. The molecule has 17 heavy (non-hydrogen) atoms. The standard InChI is InChI=1S/C13H15N3S/c1-10-8-11(2)16(15-10)9-13-12(4-3-6-14)5-7-17-13/h5,7-8H,6,9,14H2,1-2H3. The fourth-order valence-corrected chi connectivity index (χ4v) is 2.50. The quantitative estimate of drug-likeness (QED) is 0.821. The first-order valence-corrected chi connectivity index (χ1v) is 6.35. The van der Waals surface area contributed by atoms with E-state index in [9.17, 15) is 0 Å². The highest BCUT2D eigenvalue weighted by atomic mass is 32.1. The van der Waals surface area contributed by atoms with Crippen molar-refractivity contribution in [2.75, 3.05) is 6.54 Å². The van der Waals surface area contributed by atoms with Crippen LogP contribution in [0.5, 0.6) is 0 Å². The minimum Gasteiger partial charge on any atom is -0.320 e. The molecule has 0 unspecified atom stereocenters. The zero-order valence-electron chi connectivity index (χ0n) is 10.0. The molecule has 3 nitrogen and oxygen atoms in total. The lowest BCUT2D eigenvalue weighted by Gasteiger charge is -2.02. The average Bonchev–Trinajstić information content (AvgIpc) is 2.84. The van der Waals surface area contributed by atoms with Crippen LogP contribution < -0.4 is 5.73 Å². The highest BCUT2D eigenvalue weighted by molar-refractivity contribution is 7.10. The van der Waals surface area contributed by atoms with Crippen molar-refractivity contribution in [3.8, 4) is 11.8 Å². The molecule has 0 amide bonds. The Morgan fingerprint density at radius 2 is 2.29 bits per heavy atom. The first-order valence-electron chi connectivity index (χ1n) is 5.47. The number of rotatable bonds is 2. The van der Waals surface area contributed by atoms with Crippen molar-refractivity contribution >= 4 is 11.3 Å². The van der Waals surface area contributed by atoms with Crippen LogP contribution in [0.15, 0.2) is 17.5 Å². The number of hydrogen-bond donors (Lipinski definition) is 1. The molecule has 2 heterocycles. The maximum Gasteiger partial charge on any atom is 0.0767 e. The normalized spacial score (nSPS) is 10.1. The molecule has 0 aromatic carbocycles. The maximum absolute atomic E-state index is 5.39. The Hall–Kier alpha value is -1.57. The number of nitrogens with two attached hydrogens (primary N) is 1. The van der Waals surface area contributed by atoms with Crippen LogP contribution in [0.1, 0.15) is 21.8 Å². The van der Waals surface area contributed by atoms with Crippen molar-refractivity contribution in [3.63, 3.8) is 0 Å². The Morgan fingerprint density at radius 3 is 2.94 bits per heavy atom. The molecule has 0 saturated heterocycles.